The third-order valence-corrected chi connectivity index (χ3v) is 4.68. The zero-order chi connectivity index (χ0) is 18.3. The smallest absolute Gasteiger partial charge is 0.259 e. The highest BCUT2D eigenvalue weighted by atomic mass is 16.5. The Balaban J connectivity index is 1.54. The Kier molecular flexibility index (Phi) is 4.11. The number of carbonyl (C=O) groups excluding carboxylic acids is 1. The van der Waals surface area contributed by atoms with Gasteiger partial charge in [-0.05, 0) is 30.5 Å². The van der Waals surface area contributed by atoms with Gasteiger partial charge in [-0.25, -0.2) is 4.98 Å². The summed E-state index contributed by atoms with van der Waals surface area (Å²) in [6, 6.07) is 9.79. The van der Waals surface area contributed by atoms with Crippen LogP contribution in [0, 0.1) is 6.92 Å². The third kappa shape index (κ3) is 2.92. The second-order valence-corrected chi connectivity index (χ2v) is 6.96. The Morgan fingerprint density at radius 3 is 2.92 bits per heavy atom. The van der Waals surface area contributed by atoms with E-state index in [0.29, 0.717) is 28.9 Å². The van der Waals surface area contributed by atoms with E-state index in [2.05, 4.69) is 21.5 Å². The van der Waals surface area contributed by atoms with Crippen molar-refractivity contribution in [1.29, 1.82) is 0 Å². The molecular weight excluding hydrogens is 330 g/mol. The molecule has 2 aromatic heterocycles. The zero-order valence-corrected chi connectivity index (χ0v) is 15.1. The van der Waals surface area contributed by atoms with Crippen molar-refractivity contribution in [2.75, 3.05) is 6.54 Å². The van der Waals surface area contributed by atoms with E-state index in [0.717, 1.165) is 17.9 Å². The van der Waals surface area contributed by atoms with Crippen molar-refractivity contribution in [2.24, 2.45) is 0 Å². The molecule has 0 radical (unpaired) electrons. The molecule has 6 heteroatoms. The van der Waals surface area contributed by atoms with Crippen LogP contribution in [0.4, 0.5) is 0 Å². The minimum absolute atomic E-state index is 0.0539. The Bertz CT molecular complexity index is 953. The van der Waals surface area contributed by atoms with Crippen molar-refractivity contribution < 1.29 is 14.1 Å². The number of nitrogens with one attached hydrogen (secondary N) is 1. The number of amides is 1. The molecule has 0 saturated carbocycles. The second-order valence-electron chi connectivity index (χ2n) is 6.96. The van der Waals surface area contributed by atoms with Gasteiger partial charge in [-0.3, -0.25) is 4.79 Å². The number of rotatable bonds is 4. The van der Waals surface area contributed by atoms with Gasteiger partial charge >= 0.3 is 0 Å². The van der Waals surface area contributed by atoms with E-state index in [1.807, 2.05) is 45.0 Å². The number of hydrogen-bond acceptors (Lipinski definition) is 5. The molecule has 0 saturated heterocycles. The largest absolute Gasteiger partial charge is 0.488 e. The molecule has 3 heterocycles. The molecular formula is C20H21N3O3. The van der Waals surface area contributed by atoms with Crippen LogP contribution in [0.2, 0.25) is 0 Å². The number of pyridine rings is 1. The monoisotopic (exact) mass is 351 g/mol. The van der Waals surface area contributed by atoms with Crippen molar-refractivity contribution in [3.05, 3.63) is 52.8 Å². The van der Waals surface area contributed by atoms with Crippen LogP contribution in [0.3, 0.4) is 0 Å². The number of aryl methyl sites for hydroxylation is 1. The summed E-state index contributed by atoms with van der Waals surface area (Å²) in [6.07, 6.45) is 0.743. The molecule has 6 nitrogen and oxygen atoms in total. The molecule has 0 spiro atoms. The quantitative estimate of drug-likeness (QED) is 0.780. The summed E-state index contributed by atoms with van der Waals surface area (Å²) < 4.78 is 11.2. The van der Waals surface area contributed by atoms with E-state index in [1.54, 1.807) is 0 Å². The molecule has 1 atom stereocenters. The van der Waals surface area contributed by atoms with Crippen molar-refractivity contribution in [2.45, 2.75) is 39.2 Å². The standard InChI is InChI=1S/C20H21N3O3/c1-11(2)16-9-15(18-12(3)23-26-20(18)22-16)19(24)21-10-14-8-13-6-4-5-7-17(13)25-14/h4-7,9,11,14H,8,10H2,1-3H3,(H,21,24). The lowest BCUT2D eigenvalue weighted by Gasteiger charge is -2.13. The van der Waals surface area contributed by atoms with Gasteiger partial charge in [-0.2, -0.15) is 0 Å². The molecule has 0 aliphatic carbocycles. The van der Waals surface area contributed by atoms with Gasteiger partial charge < -0.3 is 14.6 Å². The van der Waals surface area contributed by atoms with Crippen LogP contribution >= 0.6 is 0 Å². The van der Waals surface area contributed by atoms with Gasteiger partial charge in [0.25, 0.3) is 11.6 Å². The van der Waals surface area contributed by atoms with Gasteiger partial charge in [-0.15, -0.1) is 0 Å². The Morgan fingerprint density at radius 2 is 2.15 bits per heavy atom. The van der Waals surface area contributed by atoms with Crippen LogP contribution in [0.5, 0.6) is 5.75 Å². The van der Waals surface area contributed by atoms with Gasteiger partial charge in [0.05, 0.1) is 23.2 Å². The first-order valence-electron chi connectivity index (χ1n) is 8.82. The molecule has 3 aromatic rings. The highest BCUT2D eigenvalue weighted by Crippen LogP contribution is 2.28. The predicted octanol–water partition coefficient (Wildman–Crippen LogP) is 3.39. The first kappa shape index (κ1) is 16.6. The first-order chi connectivity index (χ1) is 12.5. The highest BCUT2D eigenvalue weighted by Gasteiger charge is 2.24. The average molecular weight is 351 g/mol. The van der Waals surface area contributed by atoms with Crippen LogP contribution in [0.15, 0.2) is 34.9 Å². The molecule has 4 rings (SSSR count). The number of fused-ring (bicyclic) bond motifs is 2. The Labute approximate surface area is 151 Å². The summed E-state index contributed by atoms with van der Waals surface area (Å²) in [5.41, 5.74) is 3.60. The molecule has 134 valence electrons. The number of benzene rings is 1. The fourth-order valence-corrected chi connectivity index (χ4v) is 3.26. The van der Waals surface area contributed by atoms with Crippen molar-refractivity contribution in [1.82, 2.24) is 15.5 Å². The van der Waals surface area contributed by atoms with Gasteiger partial charge in [0.15, 0.2) is 0 Å². The van der Waals surface area contributed by atoms with E-state index >= 15 is 0 Å². The van der Waals surface area contributed by atoms with Crippen LogP contribution < -0.4 is 10.1 Å². The molecule has 1 aromatic carbocycles. The summed E-state index contributed by atoms with van der Waals surface area (Å²) in [6.45, 7) is 6.32. The van der Waals surface area contributed by atoms with E-state index in [-0.39, 0.29) is 17.9 Å². The first-order valence-corrected chi connectivity index (χ1v) is 8.82. The predicted molar refractivity (Wildman–Crippen MR) is 97.5 cm³/mol. The van der Waals surface area contributed by atoms with E-state index in [1.165, 1.54) is 5.56 Å². The fourth-order valence-electron chi connectivity index (χ4n) is 3.26. The number of ether oxygens (including phenoxy) is 1. The minimum atomic E-state index is -0.162. The maximum Gasteiger partial charge on any atom is 0.259 e. The SMILES string of the molecule is Cc1noc2nc(C(C)C)cc(C(=O)NCC3Cc4ccccc4O3)c12. The van der Waals surface area contributed by atoms with E-state index in [9.17, 15) is 4.79 Å². The fraction of sp³-hybridized carbons (Fsp3) is 0.350. The summed E-state index contributed by atoms with van der Waals surface area (Å²) in [4.78, 5) is 17.3. The summed E-state index contributed by atoms with van der Waals surface area (Å²) in [5.74, 6) is 0.921. The molecule has 1 aliphatic heterocycles. The maximum atomic E-state index is 12.8. The lowest BCUT2D eigenvalue weighted by atomic mass is 10.0. The van der Waals surface area contributed by atoms with Crippen molar-refractivity contribution >= 4 is 17.0 Å². The van der Waals surface area contributed by atoms with Gasteiger partial charge in [-0.1, -0.05) is 37.2 Å². The minimum Gasteiger partial charge on any atom is -0.488 e. The van der Waals surface area contributed by atoms with Gasteiger partial charge in [0, 0.05) is 12.1 Å². The summed E-state index contributed by atoms with van der Waals surface area (Å²) >= 11 is 0. The van der Waals surface area contributed by atoms with Crippen LogP contribution in [0.25, 0.3) is 11.1 Å². The number of aromatic nitrogens is 2. The highest BCUT2D eigenvalue weighted by molar-refractivity contribution is 6.06. The molecule has 1 amide bonds. The van der Waals surface area contributed by atoms with Gasteiger partial charge in [0.1, 0.15) is 11.9 Å². The topological polar surface area (TPSA) is 77.2 Å². The second kappa shape index (κ2) is 6.44. The summed E-state index contributed by atoms with van der Waals surface area (Å²) in [5, 5.41) is 7.62. The summed E-state index contributed by atoms with van der Waals surface area (Å²) in [7, 11) is 0. The van der Waals surface area contributed by atoms with Gasteiger partial charge in [0.2, 0.25) is 0 Å². The number of hydrogen-bond donors (Lipinski definition) is 1. The Hall–Kier alpha value is -2.89. The van der Waals surface area contributed by atoms with Crippen LogP contribution in [-0.4, -0.2) is 28.7 Å². The van der Waals surface area contributed by atoms with Crippen molar-refractivity contribution in [3.8, 4) is 5.75 Å². The molecule has 26 heavy (non-hydrogen) atoms. The lowest BCUT2D eigenvalue weighted by molar-refractivity contribution is 0.0935. The lowest BCUT2D eigenvalue weighted by Crippen LogP contribution is -2.34. The normalized spacial score (nSPS) is 15.9. The molecule has 0 bridgehead atoms. The number of carbonyl (C=O) groups is 1. The van der Waals surface area contributed by atoms with Crippen LogP contribution in [0.1, 0.15) is 47.1 Å². The average Bonchev–Trinajstić information content (AvgIpc) is 3.22. The van der Waals surface area contributed by atoms with Crippen LogP contribution in [-0.2, 0) is 6.42 Å². The molecule has 1 aliphatic rings. The van der Waals surface area contributed by atoms with E-state index in [4.69, 9.17) is 9.26 Å². The van der Waals surface area contributed by atoms with E-state index < -0.39 is 0 Å². The maximum absolute atomic E-state index is 12.8. The molecule has 1 unspecified atom stereocenters. The zero-order valence-electron chi connectivity index (χ0n) is 15.1. The number of nitrogens with zero attached hydrogens (tertiary/aromatic N) is 2. The molecule has 0 fully saturated rings. The molecule has 1 N–H and O–H groups in total. The third-order valence-electron chi connectivity index (χ3n) is 4.68. The number of para-hydroxylation sites is 1. The van der Waals surface area contributed by atoms with Crippen molar-refractivity contribution in [3.63, 3.8) is 0 Å². The Morgan fingerprint density at radius 1 is 1.35 bits per heavy atom.